The standard InChI is InChI=1S/C22H19N3O3/c1-15-7-5-10-17(13-15)20-24-22(28-25-20)18(14-16-8-3-2-4-9-16)23-21(26)19-11-6-12-27-19/h2-13,18H,14H2,1H3,(H,23,26)/t18-/m1/s1. The van der Waals surface area contributed by atoms with E-state index >= 15 is 0 Å². The van der Waals surface area contributed by atoms with Gasteiger partial charge in [-0.15, -0.1) is 0 Å². The van der Waals surface area contributed by atoms with Crippen molar-refractivity contribution in [1.82, 2.24) is 15.5 Å². The van der Waals surface area contributed by atoms with Gasteiger partial charge in [-0.25, -0.2) is 0 Å². The Morgan fingerprint density at radius 3 is 2.68 bits per heavy atom. The number of aryl methyl sites for hydroxylation is 1. The molecule has 6 nitrogen and oxygen atoms in total. The molecule has 0 aliphatic heterocycles. The van der Waals surface area contributed by atoms with Crippen molar-refractivity contribution in [1.29, 1.82) is 0 Å². The predicted molar refractivity (Wildman–Crippen MR) is 104 cm³/mol. The first-order valence-corrected chi connectivity index (χ1v) is 8.98. The quantitative estimate of drug-likeness (QED) is 0.543. The van der Waals surface area contributed by atoms with Crippen molar-refractivity contribution in [2.24, 2.45) is 0 Å². The van der Waals surface area contributed by atoms with E-state index in [0.717, 1.165) is 16.7 Å². The molecule has 4 aromatic rings. The van der Waals surface area contributed by atoms with E-state index in [-0.39, 0.29) is 11.7 Å². The fourth-order valence-electron chi connectivity index (χ4n) is 2.97. The molecule has 0 radical (unpaired) electrons. The van der Waals surface area contributed by atoms with Crippen LogP contribution in [-0.4, -0.2) is 16.0 Å². The van der Waals surface area contributed by atoms with Crippen LogP contribution in [0.25, 0.3) is 11.4 Å². The minimum atomic E-state index is -0.481. The maximum Gasteiger partial charge on any atom is 0.287 e. The van der Waals surface area contributed by atoms with Crippen molar-refractivity contribution in [2.45, 2.75) is 19.4 Å². The molecule has 1 amide bonds. The van der Waals surface area contributed by atoms with Crippen LogP contribution in [0, 0.1) is 6.92 Å². The highest BCUT2D eigenvalue weighted by Crippen LogP contribution is 2.22. The van der Waals surface area contributed by atoms with Crippen LogP contribution in [-0.2, 0) is 6.42 Å². The van der Waals surface area contributed by atoms with E-state index in [1.807, 2.05) is 61.5 Å². The Kier molecular flexibility index (Phi) is 5.01. The SMILES string of the molecule is Cc1cccc(-c2noc([C@@H](Cc3ccccc3)NC(=O)c3ccco3)n2)c1. The first-order valence-electron chi connectivity index (χ1n) is 8.98. The van der Waals surface area contributed by atoms with Gasteiger partial charge in [0.15, 0.2) is 5.76 Å². The number of nitrogens with one attached hydrogen (secondary N) is 1. The molecule has 0 saturated carbocycles. The summed E-state index contributed by atoms with van der Waals surface area (Å²) in [5.74, 6) is 0.738. The summed E-state index contributed by atoms with van der Waals surface area (Å²) >= 11 is 0. The number of hydrogen-bond acceptors (Lipinski definition) is 5. The molecule has 0 spiro atoms. The largest absolute Gasteiger partial charge is 0.459 e. The molecule has 6 heteroatoms. The zero-order valence-corrected chi connectivity index (χ0v) is 15.3. The van der Waals surface area contributed by atoms with Crippen molar-refractivity contribution < 1.29 is 13.7 Å². The third kappa shape index (κ3) is 4.01. The van der Waals surface area contributed by atoms with Crippen LogP contribution >= 0.6 is 0 Å². The molecule has 2 aromatic carbocycles. The summed E-state index contributed by atoms with van der Waals surface area (Å²) in [4.78, 5) is 17.0. The van der Waals surface area contributed by atoms with Gasteiger partial charge in [0, 0.05) is 12.0 Å². The summed E-state index contributed by atoms with van der Waals surface area (Å²) in [5, 5.41) is 7.03. The molecular formula is C22H19N3O3. The number of rotatable bonds is 6. The van der Waals surface area contributed by atoms with E-state index in [2.05, 4.69) is 15.5 Å². The zero-order chi connectivity index (χ0) is 19.3. The summed E-state index contributed by atoms with van der Waals surface area (Å²) < 4.78 is 10.7. The van der Waals surface area contributed by atoms with Gasteiger partial charge < -0.3 is 14.3 Å². The van der Waals surface area contributed by atoms with Gasteiger partial charge in [-0.2, -0.15) is 4.98 Å². The Bertz CT molecular complexity index is 1060. The first-order chi connectivity index (χ1) is 13.7. The number of amides is 1. The highest BCUT2D eigenvalue weighted by Gasteiger charge is 2.24. The molecule has 0 aliphatic rings. The number of carbonyl (C=O) groups is 1. The Balaban J connectivity index is 1.62. The maximum atomic E-state index is 12.5. The van der Waals surface area contributed by atoms with Gasteiger partial charge in [-0.1, -0.05) is 59.3 Å². The molecule has 140 valence electrons. The Morgan fingerprint density at radius 2 is 1.93 bits per heavy atom. The van der Waals surface area contributed by atoms with Crippen molar-refractivity contribution in [3.05, 3.63) is 95.8 Å². The minimum Gasteiger partial charge on any atom is -0.459 e. The molecule has 0 saturated heterocycles. The monoisotopic (exact) mass is 373 g/mol. The van der Waals surface area contributed by atoms with E-state index in [1.165, 1.54) is 6.26 Å². The van der Waals surface area contributed by atoms with Crippen molar-refractivity contribution in [2.75, 3.05) is 0 Å². The molecule has 0 unspecified atom stereocenters. The van der Waals surface area contributed by atoms with Crippen LogP contribution in [0.5, 0.6) is 0 Å². The van der Waals surface area contributed by atoms with Gasteiger partial charge in [-0.05, 0) is 30.7 Å². The number of hydrogen-bond donors (Lipinski definition) is 1. The molecule has 0 aliphatic carbocycles. The van der Waals surface area contributed by atoms with Crippen molar-refractivity contribution >= 4 is 5.91 Å². The number of aromatic nitrogens is 2. The number of furan rings is 1. The second-order valence-corrected chi connectivity index (χ2v) is 6.52. The molecule has 0 bridgehead atoms. The van der Waals surface area contributed by atoms with Gasteiger partial charge >= 0.3 is 0 Å². The van der Waals surface area contributed by atoms with Crippen LogP contribution in [0.3, 0.4) is 0 Å². The van der Waals surface area contributed by atoms with E-state index in [4.69, 9.17) is 8.94 Å². The summed E-state index contributed by atoms with van der Waals surface area (Å²) in [6, 6.07) is 20.5. The topological polar surface area (TPSA) is 81.2 Å². The van der Waals surface area contributed by atoms with E-state index in [9.17, 15) is 4.79 Å². The smallest absolute Gasteiger partial charge is 0.287 e. The van der Waals surface area contributed by atoms with Crippen LogP contribution in [0.4, 0.5) is 0 Å². The van der Waals surface area contributed by atoms with Crippen molar-refractivity contribution in [3.8, 4) is 11.4 Å². The summed E-state index contributed by atoms with van der Waals surface area (Å²) in [6.07, 6.45) is 1.98. The fraction of sp³-hybridized carbons (Fsp3) is 0.136. The lowest BCUT2D eigenvalue weighted by atomic mass is 10.1. The molecule has 1 N–H and O–H groups in total. The predicted octanol–water partition coefficient (Wildman–Crippen LogP) is 4.35. The Hall–Kier alpha value is -3.67. The molecule has 28 heavy (non-hydrogen) atoms. The van der Waals surface area contributed by atoms with Crippen LogP contribution < -0.4 is 5.32 Å². The van der Waals surface area contributed by atoms with E-state index < -0.39 is 6.04 Å². The van der Waals surface area contributed by atoms with Gasteiger partial charge in [-0.3, -0.25) is 4.79 Å². The first kappa shape index (κ1) is 17.7. The van der Waals surface area contributed by atoms with E-state index in [0.29, 0.717) is 18.1 Å². The van der Waals surface area contributed by atoms with Crippen LogP contribution in [0.2, 0.25) is 0 Å². The van der Waals surface area contributed by atoms with Crippen LogP contribution in [0.15, 0.2) is 81.9 Å². The molecule has 2 aromatic heterocycles. The van der Waals surface area contributed by atoms with Gasteiger partial charge in [0.1, 0.15) is 6.04 Å². The molecule has 2 heterocycles. The lowest BCUT2D eigenvalue weighted by molar-refractivity contribution is 0.0900. The fourth-order valence-corrected chi connectivity index (χ4v) is 2.97. The lowest BCUT2D eigenvalue weighted by Gasteiger charge is -2.14. The number of carbonyl (C=O) groups excluding carboxylic acids is 1. The third-order valence-corrected chi connectivity index (χ3v) is 4.35. The van der Waals surface area contributed by atoms with Crippen LogP contribution in [0.1, 0.15) is 33.6 Å². The minimum absolute atomic E-state index is 0.233. The number of nitrogens with zero attached hydrogens (tertiary/aromatic N) is 2. The van der Waals surface area contributed by atoms with Gasteiger partial charge in [0.25, 0.3) is 5.91 Å². The summed E-state index contributed by atoms with van der Waals surface area (Å²) in [6.45, 7) is 2.01. The van der Waals surface area contributed by atoms with Crippen molar-refractivity contribution in [3.63, 3.8) is 0 Å². The molecule has 0 fully saturated rings. The molecule has 4 rings (SSSR count). The molecular weight excluding hydrogens is 354 g/mol. The van der Waals surface area contributed by atoms with Gasteiger partial charge in [0.2, 0.25) is 11.7 Å². The Labute approximate surface area is 162 Å². The lowest BCUT2D eigenvalue weighted by Crippen LogP contribution is -2.30. The number of benzene rings is 2. The highest BCUT2D eigenvalue weighted by atomic mass is 16.5. The normalized spacial score (nSPS) is 11.9. The Morgan fingerprint density at radius 1 is 1.07 bits per heavy atom. The second-order valence-electron chi connectivity index (χ2n) is 6.52. The highest BCUT2D eigenvalue weighted by molar-refractivity contribution is 5.91. The molecule has 1 atom stereocenters. The summed E-state index contributed by atoms with van der Waals surface area (Å²) in [7, 11) is 0. The zero-order valence-electron chi connectivity index (χ0n) is 15.3. The average Bonchev–Trinajstić information content (AvgIpc) is 3.41. The summed E-state index contributed by atoms with van der Waals surface area (Å²) in [5.41, 5.74) is 3.02. The van der Waals surface area contributed by atoms with E-state index in [1.54, 1.807) is 12.1 Å². The second kappa shape index (κ2) is 7.92. The van der Waals surface area contributed by atoms with Gasteiger partial charge in [0.05, 0.1) is 6.26 Å². The average molecular weight is 373 g/mol. The maximum absolute atomic E-state index is 12.5. The third-order valence-electron chi connectivity index (χ3n) is 4.35.